The molecular weight excluding hydrogens is 747 g/mol. The molecule has 0 amide bonds. The van der Waals surface area contributed by atoms with E-state index in [1.165, 1.54) is 75.7 Å². The van der Waals surface area contributed by atoms with Crippen molar-refractivity contribution in [1.29, 1.82) is 0 Å². The first-order chi connectivity index (χ1) is 29.7. The molecule has 0 fully saturated rings. The summed E-state index contributed by atoms with van der Waals surface area (Å²) in [6, 6.07) is 59.1. The molecular formula is C56H37N3S. The summed E-state index contributed by atoms with van der Waals surface area (Å²) in [5.74, 6) is 1.54. The van der Waals surface area contributed by atoms with Gasteiger partial charge >= 0.3 is 0 Å². The largest absolute Gasteiger partial charge is 0.310 e. The average molecular weight is 784 g/mol. The third kappa shape index (κ3) is 5.14. The van der Waals surface area contributed by atoms with E-state index in [1.54, 1.807) is 0 Å². The smallest absolute Gasteiger partial charge is 0.160 e. The van der Waals surface area contributed by atoms with Crippen molar-refractivity contribution in [2.45, 2.75) is 12.8 Å². The molecule has 3 aliphatic rings. The van der Waals surface area contributed by atoms with Crippen LogP contribution in [0.3, 0.4) is 0 Å². The number of hydrogen-bond acceptors (Lipinski definition) is 3. The highest BCUT2D eigenvalue weighted by Crippen LogP contribution is 2.52. The van der Waals surface area contributed by atoms with Crippen molar-refractivity contribution in [2.75, 3.05) is 0 Å². The summed E-state index contributed by atoms with van der Waals surface area (Å²) in [7, 11) is 0. The number of nitrogens with zero attached hydrogens (tertiary/aromatic N) is 3. The zero-order valence-electron chi connectivity index (χ0n) is 32.7. The third-order valence-corrected chi connectivity index (χ3v) is 14.3. The average Bonchev–Trinajstić information content (AvgIpc) is 3.97. The first-order valence-corrected chi connectivity index (χ1v) is 21.8. The van der Waals surface area contributed by atoms with Crippen molar-refractivity contribution in [3.63, 3.8) is 0 Å². The molecule has 0 radical (unpaired) electrons. The monoisotopic (exact) mass is 783 g/mol. The Morgan fingerprint density at radius 2 is 1.12 bits per heavy atom. The Hall–Kier alpha value is -7.14. The van der Waals surface area contributed by atoms with E-state index in [4.69, 9.17) is 9.97 Å². The molecule has 4 heteroatoms. The highest BCUT2D eigenvalue weighted by molar-refractivity contribution is 7.20. The minimum absolute atomic E-state index is 0.389. The van der Waals surface area contributed by atoms with Crippen LogP contribution in [-0.4, -0.2) is 14.5 Å². The molecule has 3 nitrogen and oxygen atoms in total. The van der Waals surface area contributed by atoms with E-state index in [-0.39, 0.29) is 0 Å². The topological polar surface area (TPSA) is 30.7 Å². The Morgan fingerprint density at radius 3 is 1.95 bits per heavy atom. The number of hydrogen-bond donors (Lipinski definition) is 0. The lowest BCUT2D eigenvalue weighted by Crippen LogP contribution is -2.20. The van der Waals surface area contributed by atoms with Gasteiger partial charge in [-0.1, -0.05) is 146 Å². The Bertz CT molecular complexity index is 3380. The number of benzene rings is 7. The minimum atomic E-state index is 0.389. The molecule has 3 aromatic heterocycles. The Labute approximate surface area is 352 Å². The summed E-state index contributed by atoms with van der Waals surface area (Å²) in [5, 5.41) is 5.51. The van der Waals surface area contributed by atoms with Gasteiger partial charge in [0.05, 0.1) is 16.9 Å². The van der Waals surface area contributed by atoms with E-state index in [9.17, 15) is 0 Å². The highest BCUT2D eigenvalue weighted by atomic mass is 32.1. The van der Waals surface area contributed by atoms with E-state index in [0.29, 0.717) is 11.8 Å². The van der Waals surface area contributed by atoms with Crippen molar-refractivity contribution in [2.24, 2.45) is 11.8 Å². The van der Waals surface area contributed by atoms with Gasteiger partial charge in [-0.2, -0.15) is 0 Å². The number of allylic oxidation sites excluding steroid dienone is 2. The SMILES string of the molecule is C1=CC(C2C=Cc3c(c4c5cccc6c5c(cc4n3-c3cccc(-c4cc(-c5ccccc5)nc(-c5ccccc5)n4)c3)-c3ccccc3-6)C2)Cc2c1sc1ccccc21. The fourth-order valence-corrected chi connectivity index (χ4v) is 11.5. The quantitative estimate of drug-likeness (QED) is 0.174. The van der Waals surface area contributed by atoms with Crippen LogP contribution in [0, 0.1) is 11.8 Å². The van der Waals surface area contributed by atoms with E-state index in [2.05, 4.69) is 181 Å². The fourth-order valence-electron chi connectivity index (χ4n) is 10.4. The molecule has 0 spiro atoms. The second-order valence-corrected chi connectivity index (χ2v) is 17.5. The van der Waals surface area contributed by atoms with E-state index in [1.807, 2.05) is 23.5 Å². The number of fused-ring (bicyclic) bond motifs is 10. The minimum Gasteiger partial charge on any atom is -0.310 e. The lowest BCUT2D eigenvalue weighted by Gasteiger charge is -2.27. The van der Waals surface area contributed by atoms with Crippen LogP contribution >= 0.6 is 11.3 Å². The standard InChI is InChI=1S/C56H37N3S/c1-3-13-34(14-4-1)48-33-49(58-56(57-48)35-15-5-2-6-16-35)38-17-11-18-39(29-38)59-50-27-25-36(37-26-28-53-45(30-37)42-21-9-10-24-52(42)60-53)31-47(50)55-44-23-12-22-43-40-19-7-8-20-41(40)46(54(43)44)32-51(55)59/h1-29,32-33,36-37H,30-31H2. The van der Waals surface area contributed by atoms with Crippen LogP contribution in [0.25, 0.3) is 106 Å². The summed E-state index contributed by atoms with van der Waals surface area (Å²) in [6.07, 6.45) is 11.9. The summed E-state index contributed by atoms with van der Waals surface area (Å²) in [5.41, 5.74) is 16.8. The molecule has 7 aromatic carbocycles. The van der Waals surface area contributed by atoms with Crippen molar-refractivity contribution in [1.82, 2.24) is 14.5 Å². The van der Waals surface area contributed by atoms with E-state index >= 15 is 0 Å². The third-order valence-electron chi connectivity index (χ3n) is 13.1. The zero-order valence-corrected chi connectivity index (χ0v) is 33.5. The maximum Gasteiger partial charge on any atom is 0.160 e. The van der Waals surface area contributed by atoms with E-state index in [0.717, 1.165) is 52.4 Å². The van der Waals surface area contributed by atoms with Gasteiger partial charge in [-0.3, -0.25) is 0 Å². The molecule has 2 atom stereocenters. The van der Waals surface area contributed by atoms with Gasteiger partial charge in [-0.05, 0) is 117 Å². The molecule has 10 aromatic rings. The summed E-state index contributed by atoms with van der Waals surface area (Å²) >= 11 is 1.93. The number of rotatable bonds is 5. The number of thiophene rings is 1. The van der Waals surface area contributed by atoms with Gasteiger partial charge in [-0.15, -0.1) is 11.3 Å². The van der Waals surface area contributed by atoms with Crippen molar-refractivity contribution in [3.8, 4) is 61.8 Å². The van der Waals surface area contributed by atoms with Crippen molar-refractivity contribution < 1.29 is 0 Å². The second kappa shape index (κ2) is 13.2. The van der Waals surface area contributed by atoms with Gasteiger partial charge in [0.15, 0.2) is 5.82 Å². The summed E-state index contributed by atoms with van der Waals surface area (Å²) in [6.45, 7) is 0. The lowest BCUT2D eigenvalue weighted by atomic mass is 9.77. The first-order valence-electron chi connectivity index (χ1n) is 20.9. The van der Waals surface area contributed by atoms with Crippen molar-refractivity contribution >= 4 is 55.3 Å². The van der Waals surface area contributed by atoms with Crippen LogP contribution in [0.2, 0.25) is 0 Å². The molecule has 0 saturated heterocycles. The molecule has 13 rings (SSSR count). The molecule has 0 aliphatic heterocycles. The predicted molar refractivity (Wildman–Crippen MR) is 251 cm³/mol. The van der Waals surface area contributed by atoms with Crippen LogP contribution < -0.4 is 0 Å². The Morgan fingerprint density at radius 1 is 0.483 bits per heavy atom. The molecule has 2 unspecified atom stereocenters. The normalized spacial score (nSPS) is 16.1. The molecule has 0 saturated carbocycles. The predicted octanol–water partition coefficient (Wildman–Crippen LogP) is 14.5. The highest BCUT2D eigenvalue weighted by Gasteiger charge is 2.32. The lowest BCUT2D eigenvalue weighted by molar-refractivity contribution is 0.468. The van der Waals surface area contributed by atoms with Gasteiger partial charge in [0.2, 0.25) is 0 Å². The summed E-state index contributed by atoms with van der Waals surface area (Å²) in [4.78, 5) is 11.7. The fraction of sp³-hybridized carbons (Fsp3) is 0.0714. The van der Waals surface area contributed by atoms with Crippen LogP contribution in [0.15, 0.2) is 176 Å². The molecule has 3 aliphatic carbocycles. The maximum absolute atomic E-state index is 5.22. The molecule has 282 valence electrons. The maximum atomic E-state index is 5.22. The van der Waals surface area contributed by atoms with Gasteiger partial charge in [0.1, 0.15) is 0 Å². The van der Waals surface area contributed by atoms with Gasteiger partial charge in [0.25, 0.3) is 0 Å². The van der Waals surface area contributed by atoms with Crippen LogP contribution in [0.1, 0.15) is 21.7 Å². The van der Waals surface area contributed by atoms with Gasteiger partial charge < -0.3 is 4.57 Å². The van der Waals surface area contributed by atoms with Crippen LogP contribution in [0.5, 0.6) is 0 Å². The zero-order chi connectivity index (χ0) is 39.3. The van der Waals surface area contributed by atoms with Crippen molar-refractivity contribution in [3.05, 3.63) is 198 Å². The first kappa shape index (κ1) is 33.8. The molecule has 0 N–H and O–H groups in total. The van der Waals surface area contributed by atoms with Gasteiger partial charge in [0, 0.05) is 43.0 Å². The molecule has 3 heterocycles. The second-order valence-electron chi connectivity index (χ2n) is 16.4. The van der Waals surface area contributed by atoms with Gasteiger partial charge in [-0.25, -0.2) is 9.97 Å². The number of aromatic nitrogens is 3. The molecule has 0 bridgehead atoms. The Kier molecular flexibility index (Phi) is 7.43. The summed E-state index contributed by atoms with van der Waals surface area (Å²) < 4.78 is 3.92. The molecule has 60 heavy (non-hydrogen) atoms. The van der Waals surface area contributed by atoms with Crippen LogP contribution in [0.4, 0.5) is 0 Å². The van der Waals surface area contributed by atoms with Crippen LogP contribution in [-0.2, 0) is 12.8 Å². The Balaban J connectivity index is 0.998. The van der Waals surface area contributed by atoms with E-state index < -0.39 is 0 Å².